The predicted molar refractivity (Wildman–Crippen MR) is 141 cm³/mol. The summed E-state index contributed by atoms with van der Waals surface area (Å²) in [5.41, 5.74) is 9.55. The normalized spacial score (nSPS) is 11.7. The third-order valence-corrected chi connectivity index (χ3v) is 6.40. The van der Waals surface area contributed by atoms with Gasteiger partial charge in [0.25, 0.3) is 5.56 Å². The average molecular weight is 535 g/mol. The molecule has 12 heteroatoms. The van der Waals surface area contributed by atoms with E-state index in [1.807, 2.05) is 38.2 Å². The number of fused-ring (bicyclic) bond motifs is 1. The van der Waals surface area contributed by atoms with Crippen molar-refractivity contribution in [3.63, 3.8) is 0 Å². The van der Waals surface area contributed by atoms with Crippen LogP contribution in [0.15, 0.2) is 66.0 Å². The molecule has 4 aromatic heterocycles. The monoisotopic (exact) mass is 534 g/mol. The van der Waals surface area contributed by atoms with Gasteiger partial charge in [0.15, 0.2) is 5.65 Å². The summed E-state index contributed by atoms with van der Waals surface area (Å²) in [5, 5.41) is 8.66. The van der Waals surface area contributed by atoms with Crippen molar-refractivity contribution in [2.45, 2.75) is 39.7 Å². The summed E-state index contributed by atoms with van der Waals surface area (Å²) in [6.45, 7) is 4.89. The number of anilines is 2. The van der Waals surface area contributed by atoms with E-state index in [1.54, 1.807) is 16.8 Å². The van der Waals surface area contributed by atoms with Crippen LogP contribution in [-0.2, 0) is 25.8 Å². The molecular formula is C27H25F3N8O. The van der Waals surface area contributed by atoms with Gasteiger partial charge in [-0.3, -0.25) is 9.48 Å². The van der Waals surface area contributed by atoms with E-state index < -0.39 is 17.3 Å². The van der Waals surface area contributed by atoms with E-state index in [9.17, 15) is 18.0 Å². The second kappa shape index (κ2) is 10.2. The van der Waals surface area contributed by atoms with Crippen LogP contribution in [-0.4, -0.2) is 29.3 Å². The molecule has 5 aromatic rings. The lowest BCUT2D eigenvalue weighted by Crippen LogP contribution is -2.21. The lowest BCUT2D eigenvalue weighted by atomic mass is 10.1. The minimum atomic E-state index is -4.52. The largest absolute Gasteiger partial charge is 0.417 e. The molecule has 0 bridgehead atoms. The Morgan fingerprint density at radius 1 is 0.974 bits per heavy atom. The number of nitrogens with one attached hydrogen (secondary N) is 1. The van der Waals surface area contributed by atoms with E-state index in [1.165, 1.54) is 6.33 Å². The third-order valence-electron chi connectivity index (χ3n) is 6.40. The van der Waals surface area contributed by atoms with Gasteiger partial charge < -0.3 is 15.6 Å². The first-order valence-electron chi connectivity index (χ1n) is 12.1. The summed E-state index contributed by atoms with van der Waals surface area (Å²) in [4.78, 5) is 25.0. The molecule has 0 aliphatic rings. The quantitative estimate of drug-likeness (QED) is 0.320. The molecule has 0 amide bonds. The summed E-state index contributed by atoms with van der Waals surface area (Å²) >= 11 is 0. The van der Waals surface area contributed by atoms with Crippen LogP contribution in [0.25, 0.3) is 11.0 Å². The van der Waals surface area contributed by atoms with E-state index in [4.69, 9.17) is 5.73 Å². The highest BCUT2D eigenvalue weighted by Gasteiger charge is 2.31. The van der Waals surface area contributed by atoms with Crippen molar-refractivity contribution >= 4 is 22.7 Å². The van der Waals surface area contributed by atoms with E-state index in [0.717, 1.165) is 50.7 Å². The van der Waals surface area contributed by atoms with Crippen LogP contribution >= 0.6 is 0 Å². The number of nitrogens with two attached hydrogens (primary N) is 1. The fourth-order valence-corrected chi connectivity index (χ4v) is 4.39. The molecule has 0 aliphatic carbocycles. The number of nitrogens with zero attached hydrogens (tertiary/aromatic N) is 6. The van der Waals surface area contributed by atoms with Crippen LogP contribution in [0.2, 0.25) is 0 Å². The van der Waals surface area contributed by atoms with Crippen molar-refractivity contribution in [2.24, 2.45) is 0 Å². The zero-order valence-corrected chi connectivity index (χ0v) is 21.2. The topological polar surface area (TPSA) is 117 Å². The minimum Gasteiger partial charge on any atom is -0.384 e. The molecule has 0 saturated heterocycles. The zero-order chi connectivity index (χ0) is 27.7. The number of halogens is 3. The maximum atomic E-state index is 13.0. The van der Waals surface area contributed by atoms with Crippen LogP contribution in [0, 0.1) is 13.8 Å². The Kier molecular flexibility index (Phi) is 6.77. The lowest BCUT2D eigenvalue weighted by molar-refractivity contribution is -0.138. The van der Waals surface area contributed by atoms with Gasteiger partial charge in [0.2, 0.25) is 0 Å². The van der Waals surface area contributed by atoms with Gasteiger partial charge in [0.05, 0.1) is 24.0 Å². The molecule has 0 unspecified atom stereocenters. The van der Waals surface area contributed by atoms with Crippen molar-refractivity contribution in [2.75, 3.05) is 11.1 Å². The Bertz CT molecular complexity index is 1680. The zero-order valence-electron chi connectivity index (χ0n) is 21.2. The number of hydrogen-bond acceptors (Lipinski definition) is 7. The summed E-state index contributed by atoms with van der Waals surface area (Å²) in [7, 11) is 0. The first-order chi connectivity index (χ1) is 18.6. The molecular weight excluding hydrogens is 509 g/mol. The Hall–Kier alpha value is -4.74. The molecule has 5 rings (SSSR count). The van der Waals surface area contributed by atoms with E-state index in [-0.39, 0.29) is 6.54 Å². The molecule has 200 valence electrons. The van der Waals surface area contributed by atoms with Gasteiger partial charge in [-0.1, -0.05) is 24.3 Å². The summed E-state index contributed by atoms with van der Waals surface area (Å²) in [6.07, 6.45) is -0.371. The van der Waals surface area contributed by atoms with E-state index in [2.05, 4.69) is 25.4 Å². The molecule has 39 heavy (non-hydrogen) atoms. The number of benzene rings is 1. The smallest absolute Gasteiger partial charge is 0.384 e. The lowest BCUT2D eigenvalue weighted by Gasteiger charge is -2.12. The van der Waals surface area contributed by atoms with Crippen LogP contribution in [0.4, 0.5) is 24.8 Å². The molecule has 0 aliphatic heterocycles. The van der Waals surface area contributed by atoms with Crippen LogP contribution in [0.3, 0.4) is 0 Å². The average Bonchev–Trinajstić information content (AvgIpc) is 3.28. The van der Waals surface area contributed by atoms with Crippen molar-refractivity contribution < 1.29 is 13.2 Å². The van der Waals surface area contributed by atoms with Gasteiger partial charge in [-0.05, 0) is 48.2 Å². The molecule has 0 spiro atoms. The Morgan fingerprint density at radius 3 is 2.38 bits per heavy atom. The number of rotatable bonds is 7. The highest BCUT2D eigenvalue weighted by molar-refractivity contribution is 5.85. The highest BCUT2D eigenvalue weighted by atomic mass is 19.4. The summed E-state index contributed by atoms with van der Waals surface area (Å²) in [6, 6.07) is 10.8. The Morgan fingerprint density at radius 2 is 1.69 bits per heavy atom. The molecule has 0 radical (unpaired) electrons. The second-order valence-corrected chi connectivity index (χ2v) is 9.27. The second-order valence-electron chi connectivity index (χ2n) is 9.27. The highest BCUT2D eigenvalue weighted by Crippen LogP contribution is 2.28. The maximum Gasteiger partial charge on any atom is 0.417 e. The summed E-state index contributed by atoms with van der Waals surface area (Å²) < 4.78 is 41.9. The van der Waals surface area contributed by atoms with E-state index >= 15 is 0 Å². The third kappa shape index (κ3) is 5.74. The Labute approximate surface area is 221 Å². The van der Waals surface area contributed by atoms with Crippen LogP contribution < -0.4 is 16.6 Å². The molecule has 3 N–H and O–H groups in total. The number of nitrogen functional groups attached to an aromatic ring is 1. The summed E-state index contributed by atoms with van der Waals surface area (Å²) in [5.74, 6) is 1.13. The number of aromatic nitrogens is 6. The number of aryl methyl sites for hydroxylation is 2. The maximum absolute atomic E-state index is 13.0. The van der Waals surface area contributed by atoms with Gasteiger partial charge in [-0.25, -0.2) is 15.0 Å². The SMILES string of the molecule is Cc1cc(N)nc(C)c1CNc1ncnc2nn(Cc3ccc(Cn4cc(C(F)(F)F)ccc4=O)cc3)cc12. The molecule has 1 aromatic carbocycles. The van der Waals surface area contributed by atoms with Gasteiger partial charge in [-0.2, -0.15) is 18.3 Å². The van der Waals surface area contributed by atoms with Crippen molar-refractivity contribution in [3.05, 3.63) is 105 Å². The standard InChI is InChI=1S/C27H25F3N8O/c1-16-9-23(31)35-17(2)21(16)10-32-25-22-14-38(36-26(22)34-15-33-25)12-19-5-3-18(4-6-19)11-37-13-20(27(28,29)30)7-8-24(37)39/h3-9,13-15H,10-12H2,1-2H3,(H2,31,35)(H,32,33,34,36). The van der Waals surface area contributed by atoms with Gasteiger partial charge in [0.1, 0.15) is 18.0 Å². The van der Waals surface area contributed by atoms with Gasteiger partial charge in [-0.15, -0.1) is 0 Å². The Balaban J connectivity index is 1.30. The predicted octanol–water partition coefficient (Wildman–Crippen LogP) is 4.31. The fourth-order valence-electron chi connectivity index (χ4n) is 4.39. The molecule has 0 atom stereocenters. The van der Waals surface area contributed by atoms with Crippen molar-refractivity contribution in [1.29, 1.82) is 0 Å². The van der Waals surface area contributed by atoms with Crippen molar-refractivity contribution in [3.8, 4) is 0 Å². The van der Waals surface area contributed by atoms with Crippen molar-refractivity contribution in [1.82, 2.24) is 29.3 Å². The molecule has 4 heterocycles. The van der Waals surface area contributed by atoms with Gasteiger partial charge in [0, 0.05) is 30.7 Å². The number of alkyl halides is 3. The number of hydrogen-bond donors (Lipinski definition) is 2. The number of pyridine rings is 2. The van der Waals surface area contributed by atoms with Gasteiger partial charge >= 0.3 is 6.18 Å². The molecule has 0 fully saturated rings. The first kappa shape index (κ1) is 25.9. The molecule has 9 nitrogen and oxygen atoms in total. The van der Waals surface area contributed by atoms with Crippen LogP contribution in [0.1, 0.15) is 33.5 Å². The fraction of sp³-hybridized carbons (Fsp3) is 0.222. The van der Waals surface area contributed by atoms with Crippen LogP contribution in [0.5, 0.6) is 0 Å². The molecule has 0 saturated carbocycles. The minimum absolute atomic E-state index is 0.0295. The van der Waals surface area contributed by atoms with E-state index in [0.29, 0.717) is 35.9 Å². The first-order valence-corrected chi connectivity index (χ1v) is 12.1.